The molecule has 0 bridgehead atoms. The summed E-state index contributed by atoms with van der Waals surface area (Å²) in [4.78, 5) is 11.6. The highest BCUT2D eigenvalue weighted by atomic mass is 32.2. The van der Waals surface area contributed by atoms with E-state index in [2.05, 4.69) is 4.74 Å². The van der Waals surface area contributed by atoms with Gasteiger partial charge in [-0.05, 0) is 19.6 Å². The van der Waals surface area contributed by atoms with E-state index in [1.807, 2.05) is 6.92 Å². The number of carbonyl (C=O) groups excluding carboxylic acids is 1. The lowest BCUT2D eigenvalue weighted by Gasteiger charge is -2.21. The molecule has 0 radical (unpaired) electrons. The molecule has 0 saturated carbocycles. The predicted octanol–water partition coefficient (Wildman–Crippen LogP) is 2.68. The molecule has 0 aromatic heterocycles. The van der Waals surface area contributed by atoms with Crippen LogP contribution in [0.2, 0.25) is 0 Å². The largest absolute Gasteiger partial charge is 0.437 e. The summed E-state index contributed by atoms with van der Waals surface area (Å²) in [7, 11) is 1.48. The van der Waals surface area contributed by atoms with E-state index in [4.69, 9.17) is 17.0 Å². The van der Waals surface area contributed by atoms with Gasteiger partial charge in [0, 0.05) is 7.11 Å². The fourth-order valence-electron chi connectivity index (χ4n) is 0.684. The zero-order chi connectivity index (χ0) is 11.9. The van der Waals surface area contributed by atoms with Gasteiger partial charge in [0.15, 0.2) is 6.79 Å². The minimum absolute atomic E-state index is 0.0174. The molecule has 0 spiro atoms. The van der Waals surface area contributed by atoms with Crippen LogP contribution in [-0.4, -0.2) is 33.9 Å². The summed E-state index contributed by atoms with van der Waals surface area (Å²) >= 11 is 8.02. The molecule has 0 atom stereocenters. The zero-order valence-electron chi connectivity index (χ0n) is 9.36. The van der Waals surface area contributed by atoms with Crippen LogP contribution >= 0.6 is 35.7 Å². The van der Waals surface area contributed by atoms with Crippen molar-refractivity contribution in [3.05, 3.63) is 0 Å². The molecule has 3 nitrogen and oxygen atoms in total. The first-order valence-electron chi connectivity index (χ1n) is 4.46. The Balaban J connectivity index is 4.15. The number of hydrogen-bond donors (Lipinski definition) is 0. The second kappa shape index (κ2) is 7.49. The van der Waals surface area contributed by atoms with Crippen LogP contribution in [-0.2, 0) is 14.3 Å². The number of thioether (sulfide) groups is 2. The van der Waals surface area contributed by atoms with Crippen LogP contribution in [0.25, 0.3) is 0 Å². The Morgan fingerprint density at radius 3 is 2.53 bits per heavy atom. The van der Waals surface area contributed by atoms with E-state index < -0.39 is 4.75 Å². The molecule has 88 valence electrons. The molecular formula is C9H16O3S3. The molecule has 15 heavy (non-hydrogen) atoms. The van der Waals surface area contributed by atoms with Gasteiger partial charge in [-0.15, -0.1) is 11.8 Å². The molecular weight excluding hydrogens is 252 g/mol. The number of thiocarbonyl (C=S) groups is 1. The Morgan fingerprint density at radius 2 is 2.07 bits per heavy atom. The maximum atomic E-state index is 11.6. The Labute approximate surface area is 105 Å². The summed E-state index contributed by atoms with van der Waals surface area (Å²) in [5, 5.41) is 0. The van der Waals surface area contributed by atoms with Crippen LogP contribution in [0.4, 0.5) is 0 Å². The van der Waals surface area contributed by atoms with Crippen molar-refractivity contribution < 1.29 is 14.3 Å². The predicted molar refractivity (Wildman–Crippen MR) is 70.4 cm³/mol. The quantitative estimate of drug-likeness (QED) is 0.433. The summed E-state index contributed by atoms with van der Waals surface area (Å²) in [5.74, 6) is 0.600. The molecule has 0 aliphatic carbocycles. The van der Waals surface area contributed by atoms with E-state index in [1.165, 1.54) is 18.9 Å². The van der Waals surface area contributed by atoms with Gasteiger partial charge < -0.3 is 9.47 Å². The third-order valence-corrected chi connectivity index (χ3v) is 3.98. The topological polar surface area (TPSA) is 35.5 Å². The van der Waals surface area contributed by atoms with Crippen molar-refractivity contribution in [3.63, 3.8) is 0 Å². The molecule has 0 aliphatic heterocycles. The molecule has 6 heteroatoms. The lowest BCUT2D eigenvalue weighted by molar-refractivity contribution is -0.156. The van der Waals surface area contributed by atoms with Gasteiger partial charge in [0.1, 0.15) is 8.28 Å². The summed E-state index contributed by atoms with van der Waals surface area (Å²) in [6.07, 6.45) is 0. The molecule has 0 fully saturated rings. The van der Waals surface area contributed by atoms with Crippen molar-refractivity contribution in [2.45, 2.75) is 25.5 Å². The molecule has 0 saturated heterocycles. The third-order valence-electron chi connectivity index (χ3n) is 1.40. The van der Waals surface area contributed by atoms with Crippen molar-refractivity contribution in [2.75, 3.05) is 19.7 Å². The van der Waals surface area contributed by atoms with Crippen LogP contribution in [0.1, 0.15) is 20.8 Å². The summed E-state index contributed by atoms with van der Waals surface area (Å²) in [5.41, 5.74) is 0. The Morgan fingerprint density at radius 1 is 1.47 bits per heavy atom. The van der Waals surface area contributed by atoms with E-state index in [0.717, 1.165) is 9.28 Å². The van der Waals surface area contributed by atoms with Crippen molar-refractivity contribution in [1.82, 2.24) is 0 Å². The van der Waals surface area contributed by atoms with Crippen molar-refractivity contribution >= 4 is 45.2 Å². The first kappa shape index (κ1) is 15.2. The van der Waals surface area contributed by atoms with Crippen LogP contribution in [0.15, 0.2) is 0 Å². The minimum Gasteiger partial charge on any atom is -0.437 e. The van der Waals surface area contributed by atoms with Gasteiger partial charge in [-0.3, -0.25) is 4.79 Å². The standard InChI is InChI=1S/C9H16O3S3/c1-5-14-8(13)15-9(2,3)7(10)12-6-11-4/h5-6H2,1-4H3. The van der Waals surface area contributed by atoms with Crippen molar-refractivity contribution in [3.8, 4) is 0 Å². The molecule has 0 unspecified atom stereocenters. The highest BCUT2D eigenvalue weighted by Crippen LogP contribution is 2.31. The highest BCUT2D eigenvalue weighted by molar-refractivity contribution is 8.47. The molecule has 0 aliphatic rings. The fourth-order valence-corrected chi connectivity index (χ4v) is 3.67. The Hall–Kier alpha value is 0.220. The van der Waals surface area contributed by atoms with Gasteiger partial charge in [0.05, 0.1) is 0 Å². The average Bonchev–Trinajstić information content (AvgIpc) is 2.13. The van der Waals surface area contributed by atoms with Gasteiger partial charge in [-0.1, -0.05) is 30.9 Å². The molecule has 0 rings (SSSR count). The second-order valence-corrected chi connectivity index (χ2v) is 7.22. The first-order chi connectivity index (χ1) is 6.94. The molecule has 0 amide bonds. The van der Waals surface area contributed by atoms with Crippen LogP contribution in [0.5, 0.6) is 0 Å². The van der Waals surface area contributed by atoms with Gasteiger partial charge in [0.25, 0.3) is 0 Å². The van der Waals surface area contributed by atoms with Gasteiger partial charge in [-0.25, -0.2) is 0 Å². The lowest BCUT2D eigenvalue weighted by Crippen LogP contribution is -2.31. The summed E-state index contributed by atoms with van der Waals surface area (Å²) < 4.78 is 9.66. The van der Waals surface area contributed by atoms with Gasteiger partial charge in [0.2, 0.25) is 0 Å². The van der Waals surface area contributed by atoms with Crippen molar-refractivity contribution in [1.29, 1.82) is 0 Å². The number of hydrogen-bond acceptors (Lipinski definition) is 6. The van der Waals surface area contributed by atoms with Gasteiger partial charge >= 0.3 is 5.97 Å². The van der Waals surface area contributed by atoms with Crippen LogP contribution < -0.4 is 0 Å². The van der Waals surface area contributed by atoms with Crippen molar-refractivity contribution in [2.24, 2.45) is 0 Å². The normalized spacial score (nSPS) is 11.2. The maximum Gasteiger partial charge on any atom is 0.324 e. The Bertz CT molecular complexity index is 229. The maximum absolute atomic E-state index is 11.6. The minimum atomic E-state index is -0.655. The second-order valence-electron chi connectivity index (χ2n) is 3.13. The summed E-state index contributed by atoms with van der Waals surface area (Å²) in [6.45, 7) is 5.58. The highest BCUT2D eigenvalue weighted by Gasteiger charge is 2.31. The van der Waals surface area contributed by atoms with Gasteiger partial charge in [-0.2, -0.15) is 0 Å². The Kier molecular flexibility index (Phi) is 7.60. The summed E-state index contributed by atoms with van der Waals surface area (Å²) in [6, 6.07) is 0. The van der Waals surface area contributed by atoms with Crippen LogP contribution in [0, 0.1) is 0 Å². The number of carbonyl (C=O) groups is 1. The van der Waals surface area contributed by atoms with E-state index in [1.54, 1.807) is 25.6 Å². The fraction of sp³-hybridized carbons (Fsp3) is 0.778. The number of methoxy groups -OCH3 is 1. The first-order valence-corrected chi connectivity index (χ1v) is 6.67. The average molecular weight is 268 g/mol. The van der Waals surface area contributed by atoms with Crippen LogP contribution in [0.3, 0.4) is 0 Å². The molecule has 0 N–H and O–H groups in total. The molecule has 0 aromatic rings. The molecule has 0 aromatic carbocycles. The monoisotopic (exact) mass is 268 g/mol. The third kappa shape index (κ3) is 6.40. The SMILES string of the molecule is CCSC(=S)SC(C)(C)C(=O)OCOC. The number of ether oxygens (including phenoxy) is 2. The number of esters is 1. The van der Waals surface area contributed by atoms with E-state index >= 15 is 0 Å². The zero-order valence-corrected chi connectivity index (χ0v) is 11.8. The van der Waals surface area contributed by atoms with E-state index in [9.17, 15) is 4.79 Å². The smallest absolute Gasteiger partial charge is 0.324 e. The van der Waals surface area contributed by atoms with E-state index in [-0.39, 0.29) is 12.8 Å². The lowest BCUT2D eigenvalue weighted by atomic mass is 10.2. The van der Waals surface area contributed by atoms with E-state index in [0.29, 0.717) is 0 Å². The molecule has 0 heterocycles. The number of rotatable bonds is 5.